The Hall–Kier alpha value is -1.92. The van der Waals surface area contributed by atoms with Gasteiger partial charge in [0.1, 0.15) is 0 Å². The van der Waals surface area contributed by atoms with Crippen LogP contribution >= 0.6 is 11.3 Å². The molecule has 0 fully saturated rings. The molecule has 0 aliphatic heterocycles. The van der Waals surface area contributed by atoms with Crippen LogP contribution in [-0.4, -0.2) is 19.7 Å². The number of aromatic nitrogens is 1. The molecule has 0 saturated heterocycles. The fourth-order valence-electron chi connectivity index (χ4n) is 2.00. The first-order valence-electron chi connectivity index (χ1n) is 6.36. The highest BCUT2D eigenvalue weighted by Crippen LogP contribution is 2.29. The van der Waals surface area contributed by atoms with E-state index in [4.69, 9.17) is 0 Å². The summed E-state index contributed by atoms with van der Waals surface area (Å²) in [4.78, 5) is 4.84. The van der Waals surface area contributed by atoms with E-state index in [1.807, 2.05) is 13.0 Å². The third kappa shape index (κ3) is 3.06. The zero-order valence-corrected chi connectivity index (χ0v) is 13.3. The van der Waals surface area contributed by atoms with Crippen molar-refractivity contribution in [2.24, 2.45) is 0 Å². The Morgan fingerprint density at radius 3 is 2.48 bits per heavy atom. The molecule has 0 atom stereocenters. The Kier molecular flexibility index (Phi) is 3.43. The second-order valence-electron chi connectivity index (χ2n) is 4.91. The molecule has 21 heavy (non-hydrogen) atoms. The summed E-state index contributed by atoms with van der Waals surface area (Å²) in [5.41, 5.74) is 2.96. The van der Waals surface area contributed by atoms with Crippen molar-refractivity contribution in [2.45, 2.75) is 11.8 Å². The zero-order valence-electron chi connectivity index (χ0n) is 11.6. The van der Waals surface area contributed by atoms with E-state index in [1.54, 1.807) is 35.6 Å². The van der Waals surface area contributed by atoms with Gasteiger partial charge in [-0.1, -0.05) is 17.4 Å². The molecule has 0 bridgehead atoms. The van der Waals surface area contributed by atoms with Crippen LogP contribution in [0.1, 0.15) is 5.56 Å². The summed E-state index contributed by atoms with van der Waals surface area (Å²) in [5, 5.41) is 4.00. The number of anilines is 2. The maximum Gasteiger partial charge on any atom is 0.188 e. The van der Waals surface area contributed by atoms with Crippen molar-refractivity contribution in [1.29, 1.82) is 0 Å². The summed E-state index contributed by atoms with van der Waals surface area (Å²) in [6, 6.07) is 12.8. The first-order valence-corrected chi connectivity index (χ1v) is 9.07. The summed E-state index contributed by atoms with van der Waals surface area (Å²) < 4.78 is 24.0. The Labute approximate surface area is 127 Å². The molecule has 0 aliphatic carbocycles. The first-order chi connectivity index (χ1) is 9.91. The average molecular weight is 318 g/mol. The van der Waals surface area contributed by atoms with Gasteiger partial charge in [-0.25, -0.2) is 13.4 Å². The highest BCUT2D eigenvalue weighted by Gasteiger charge is 2.07. The topological polar surface area (TPSA) is 59.1 Å². The van der Waals surface area contributed by atoms with E-state index >= 15 is 0 Å². The number of hydrogen-bond acceptors (Lipinski definition) is 5. The predicted molar refractivity (Wildman–Crippen MR) is 87.2 cm³/mol. The van der Waals surface area contributed by atoms with Gasteiger partial charge in [-0.05, 0) is 48.9 Å². The minimum atomic E-state index is -3.16. The number of benzene rings is 2. The van der Waals surface area contributed by atoms with Gasteiger partial charge in [0.15, 0.2) is 15.0 Å². The molecule has 0 saturated carbocycles. The van der Waals surface area contributed by atoms with Crippen molar-refractivity contribution in [3.63, 3.8) is 0 Å². The molecule has 2 aromatic carbocycles. The molecular weight excluding hydrogens is 304 g/mol. The minimum absolute atomic E-state index is 0.313. The lowest BCUT2D eigenvalue weighted by molar-refractivity contribution is 0.602. The molecular formula is C15H14N2O2S2. The van der Waals surface area contributed by atoms with Gasteiger partial charge in [-0.15, -0.1) is 0 Å². The van der Waals surface area contributed by atoms with E-state index in [9.17, 15) is 8.42 Å². The summed E-state index contributed by atoms with van der Waals surface area (Å²) in [6.45, 7) is 2.04. The van der Waals surface area contributed by atoms with Crippen LogP contribution < -0.4 is 5.32 Å². The van der Waals surface area contributed by atoms with Crippen molar-refractivity contribution >= 4 is 42.2 Å². The van der Waals surface area contributed by atoms with E-state index < -0.39 is 9.84 Å². The molecule has 4 nitrogen and oxygen atoms in total. The van der Waals surface area contributed by atoms with E-state index in [2.05, 4.69) is 22.4 Å². The summed E-state index contributed by atoms with van der Waals surface area (Å²) in [5.74, 6) is 0. The third-order valence-corrected chi connectivity index (χ3v) is 5.16. The Morgan fingerprint density at radius 2 is 1.81 bits per heavy atom. The highest BCUT2D eigenvalue weighted by molar-refractivity contribution is 7.90. The molecule has 0 radical (unpaired) electrons. The molecule has 1 aromatic heterocycles. The average Bonchev–Trinajstić information content (AvgIpc) is 2.79. The molecule has 0 spiro atoms. The predicted octanol–water partition coefficient (Wildman–Crippen LogP) is 3.75. The van der Waals surface area contributed by atoms with Crippen molar-refractivity contribution in [3.05, 3.63) is 48.0 Å². The van der Waals surface area contributed by atoms with E-state index in [1.165, 1.54) is 11.8 Å². The fraction of sp³-hybridized carbons (Fsp3) is 0.133. The Bertz CT molecular complexity index is 897. The maximum absolute atomic E-state index is 11.4. The zero-order chi connectivity index (χ0) is 15.0. The molecule has 6 heteroatoms. The molecule has 0 amide bonds. The van der Waals surface area contributed by atoms with Gasteiger partial charge in [0, 0.05) is 11.9 Å². The van der Waals surface area contributed by atoms with Gasteiger partial charge in [0.25, 0.3) is 0 Å². The number of hydrogen-bond donors (Lipinski definition) is 1. The number of sulfone groups is 1. The quantitative estimate of drug-likeness (QED) is 0.799. The molecule has 3 aromatic rings. The van der Waals surface area contributed by atoms with E-state index in [0.29, 0.717) is 4.90 Å². The molecule has 3 rings (SSSR count). The fourth-order valence-corrected chi connectivity index (χ4v) is 3.50. The number of fused-ring (bicyclic) bond motifs is 1. The van der Waals surface area contributed by atoms with E-state index in [-0.39, 0.29) is 0 Å². The van der Waals surface area contributed by atoms with Gasteiger partial charge in [0.2, 0.25) is 0 Å². The molecule has 1 N–H and O–H groups in total. The largest absolute Gasteiger partial charge is 0.332 e. The second kappa shape index (κ2) is 5.13. The van der Waals surface area contributed by atoms with Gasteiger partial charge in [-0.3, -0.25) is 0 Å². The molecule has 0 aliphatic rings. The van der Waals surface area contributed by atoms with Crippen LogP contribution in [-0.2, 0) is 9.84 Å². The summed E-state index contributed by atoms with van der Waals surface area (Å²) >= 11 is 1.57. The van der Waals surface area contributed by atoms with Crippen LogP contribution in [0.5, 0.6) is 0 Å². The van der Waals surface area contributed by atoms with Crippen LogP contribution in [0.15, 0.2) is 47.4 Å². The van der Waals surface area contributed by atoms with Crippen LogP contribution in [0.2, 0.25) is 0 Å². The second-order valence-corrected chi connectivity index (χ2v) is 7.96. The molecule has 1 heterocycles. The van der Waals surface area contributed by atoms with Gasteiger partial charge >= 0.3 is 0 Å². The highest BCUT2D eigenvalue weighted by atomic mass is 32.2. The normalized spacial score (nSPS) is 11.7. The maximum atomic E-state index is 11.4. The standard InChI is InChI=1S/C15H14N2O2S2/c1-10-3-8-14-13(9-10)17-15(20-14)16-11-4-6-12(7-5-11)21(2,18)19/h3-9H,1-2H3,(H,16,17). The Balaban J connectivity index is 1.88. The van der Waals surface area contributed by atoms with Crippen LogP contribution in [0.4, 0.5) is 10.8 Å². The van der Waals surface area contributed by atoms with Crippen molar-refractivity contribution in [3.8, 4) is 0 Å². The number of nitrogens with one attached hydrogen (secondary N) is 1. The lowest BCUT2D eigenvalue weighted by atomic mass is 10.2. The number of nitrogens with zero attached hydrogens (tertiary/aromatic N) is 1. The van der Waals surface area contributed by atoms with E-state index in [0.717, 1.165) is 21.0 Å². The first kappa shape index (κ1) is 14.0. The summed E-state index contributed by atoms with van der Waals surface area (Å²) in [7, 11) is -3.16. The minimum Gasteiger partial charge on any atom is -0.332 e. The molecule has 108 valence electrons. The van der Waals surface area contributed by atoms with Crippen LogP contribution in [0, 0.1) is 6.92 Å². The van der Waals surface area contributed by atoms with Gasteiger partial charge < -0.3 is 5.32 Å². The lowest BCUT2D eigenvalue weighted by Gasteiger charge is -2.03. The van der Waals surface area contributed by atoms with Crippen LogP contribution in [0.3, 0.4) is 0 Å². The monoisotopic (exact) mass is 318 g/mol. The Morgan fingerprint density at radius 1 is 1.10 bits per heavy atom. The molecule has 0 unspecified atom stereocenters. The lowest BCUT2D eigenvalue weighted by Crippen LogP contribution is -1.97. The van der Waals surface area contributed by atoms with Crippen LogP contribution in [0.25, 0.3) is 10.2 Å². The smallest absolute Gasteiger partial charge is 0.188 e. The van der Waals surface area contributed by atoms with Crippen molar-refractivity contribution in [1.82, 2.24) is 4.98 Å². The SMILES string of the molecule is Cc1ccc2sc(Nc3ccc(S(C)(=O)=O)cc3)nc2c1. The number of aryl methyl sites for hydroxylation is 1. The third-order valence-electron chi connectivity index (χ3n) is 3.08. The van der Waals surface area contributed by atoms with Gasteiger partial charge in [-0.2, -0.15) is 0 Å². The van der Waals surface area contributed by atoms with Crippen molar-refractivity contribution < 1.29 is 8.42 Å². The summed E-state index contributed by atoms with van der Waals surface area (Å²) in [6.07, 6.45) is 1.20. The van der Waals surface area contributed by atoms with Gasteiger partial charge in [0.05, 0.1) is 15.1 Å². The number of rotatable bonds is 3. The number of thiazole rings is 1. The van der Waals surface area contributed by atoms with Crippen molar-refractivity contribution in [2.75, 3.05) is 11.6 Å².